The van der Waals surface area contributed by atoms with E-state index >= 15 is 0 Å². The number of hydrogen-bond acceptors (Lipinski definition) is 5. The highest BCUT2D eigenvalue weighted by atomic mass is 35.5. The summed E-state index contributed by atoms with van der Waals surface area (Å²) in [7, 11) is 0. The van der Waals surface area contributed by atoms with Crippen molar-refractivity contribution in [1.29, 1.82) is 0 Å². The van der Waals surface area contributed by atoms with Crippen molar-refractivity contribution in [2.75, 3.05) is 31.5 Å². The molecule has 0 aliphatic carbocycles. The molecular formula is C25H36Cl2N4S. The van der Waals surface area contributed by atoms with E-state index in [2.05, 4.69) is 43.1 Å². The standard InChI is InChI=1S/C23H30Cl2N4S.C2H6/c1-4-9-16-10-11-21(30-16)22-23(26-12-7-8-13-29(5-2)6-3)28-20-15-18(25)17(24)14-19(20)27-22;1-2/h10-11,14-15H,4-9,12-13H2,1-3H3,(H,26,28);1-2H3. The number of nitrogens with zero attached hydrogens (tertiary/aromatic N) is 3. The van der Waals surface area contributed by atoms with Crippen molar-refractivity contribution in [3.8, 4) is 10.6 Å². The zero-order valence-electron chi connectivity index (χ0n) is 20.0. The first kappa shape index (κ1) is 26.8. The van der Waals surface area contributed by atoms with Gasteiger partial charge in [0.25, 0.3) is 0 Å². The quantitative estimate of drug-likeness (QED) is 0.272. The van der Waals surface area contributed by atoms with Crippen molar-refractivity contribution in [1.82, 2.24) is 14.9 Å². The molecule has 7 heteroatoms. The third kappa shape index (κ3) is 7.31. The van der Waals surface area contributed by atoms with Crippen LogP contribution in [-0.4, -0.2) is 41.0 Å². The van der Waals surface area contributed by atoms with Gasteiger partial charge in [-0.2, -0.15) is 0 Å². The van der Waals surface area contributed by atoms with Crippen molar-refractivity contribution in [3.63, 3.8) is 0 Å². The maximum atomic E-state index is 6.22. The predicted molar refractivity (Wildman–Crippen MR) is 144 cm³/mol. The Balaban J connectivity index is 0.00000176. The van der Waals surface area contributed by atoms with E-state index in [4.69, 9.17) is 33.2 Å². The molecule has 0 aliphatic rings. The maximum Gasteiger partial charge on any atom is 0.154 e. The second kappa shape index (κ2) is 14.0. The van der Waals surface area contributed by atoms with E-state index < -0.39 is 0 Å². The van der Waals surface area contributed by atoms with Crippen molar-refractivity contribution >= 4 is 51.4 Å². The van der Waals surface area contributed by atoms with Gasteiger partial charge in [-0.1, -0.05) is 64.2 Å². The molecule has 2 heterocycles. The summed E-state index contributed by atoms with van der Waals surface area (Å²) in [6, 6.07) is 7.93. The molecule has 0 unspecified atom stereocenters. The Hall–Kier alpha value is -1.40. The fraction of sp³-hybridized carbons (Fsp3) is 0.520. The van der Waals surface area contributed by atoms with Gasteiger partial charge in [0.1, 0.15) is 5.69 Å². The molecule has 32 heavy (non-hydrogen) atoms. The van der Waals surface area contributed by atoms with Crippen LogP contribution in [-0.2, 0) is 6.42 Å². The van der Waals surface area contributed by atoms with E-state index in [1.165, 1.54) is 4.88 Å². The molecule has 0 bridgehead atoms. The molecular weight excluding hydrogens is 459 g/mol. The maximum absolute atomic E-state index is 6.22. The number of thiophene rings is 1. The second-order valence-electron chi connectivity index (χ2n) is 7.35. The molecule has 4 nitrogen and oxygen atoms in total. The lowest BCUT2D eigenvalue weighted by Gasteiger charge is -2.17. The number of benzene rings is 1. The normalized spacial score (nSPS) is 11.0. The molecule has 1 N–H and O–H groups in total. The summed E-state index contributed by atoms with van der Waals surface area (Å²) in [4.78, 5) is 14.7. The van der Waals surface area contributed by atoms with E-state index in [-0.39, 0.29) is 0 Å². The summed E-state index contributed by atoms with van der Waals surface area (Å²) in [6.45, 7) is 14.8. The molecule has 3 rings (SSSR count). The van der Waals surface area contributed by atoms with Crippen LogP contribution in [0.4, 0.5) is 5.82 Å². The van der Waals surface area contributed by atoms with Crippen LogP contribution in [0.25, 0.3) is 21.6 Å². The first-order chi connectivity index (χ1) is 15.5. The molecule has 0 spiro atoms. The van der Waals surface area contributed by atoms with Gasteiger partial charge in [0.05, 0.1) is 26.0 Å². The number of aryl methyl sites for hydroxylation is 1. The third-order valence-corrected chi connectivity index (χ3v) is 7.06. The summed E-state index contributed by atoms with van der Waals surface area (Å²) in [5.74, 6) is 0.814. The predicted octanol–water partition coefficient (Wildman–Crippen LogP) is 8.18. The summed E-state index contributed by atoms with van der Waals surface area (Å²) in [5.41, 5.74) is 2.40. The molecule has 0 radical (unpaired) electrons. The first-order valence-corrected chi connectivity index (χ1v) is 13.3. The van der Waals surface area contributed by atoms with Crippen LogP contribution in [0.3, 0.4) is 0 Å². The van der Waals surface area contributed by atoms with Crippen LogP contribution >= 0.6 is 34.5 Å². The van der Waals surface area contributed by atoms with Gasteiger partial charge in [-0.25, -0.2) is 9.97 Å². The number of nitrogens with one attached hydrogen (secondary N) is 1. The number of aromatic nitrogens is 2. The van der Waals surface area contributed by atoms with E-state index in [0.717, 1.165) is 79.3 Å². The molecule has 0 saturated heterocycles. The van der Waals surface area contributed by atoms with Crippen molar-refractivity contribution in [3.05, 3.63) is 39.2 Å². The van der Waals surface area contributed by atoms with Crippen molar-refractivity contribution < 1.29 is 0 Å². The van der Waals surface area contributed by atoms with E-state index in [9.17, 15) is 0 Å². The number of hydrogen-bond donors (Lipinski definition) is 1. The first-order valence-electron chi connectivity index (χ1n) is 11.8. The van der Waals surface area contributed by atoms with Gasteiger partial charge in [0.15, 0.2) is 5.82 Å². The Kier molecular flexibility index (Phi) is 11.7. The van der Waals surface area contributed by atoms with Crippen LogP contribution < -0.4 is 5.32 Å². The lowest BCUT2D eigenvalue weighted by Crippen LogP contribution is -2.24. The third-order valence-electron chi connectivity index (χ3n) is 5.19. The lowest BCUT2D eigenvalue weighted by molar-refractivity contribution is 0.298. The molecule has 0 saturated carbocycles. The Bertz CT molecular complexity index is 970. The summed E-state index contributed by atoms with van der Waals surface area (Å²) >= 11 is 14.2. The number of anilines is 1. The summed E-state index contributed by atoms with van der Waals surface area (Å²) in [6.07, 6.45) is 4.46. The monoisotopic (exact) mass is 494 g/mol. The largest absolute Gasteiger partial charge is 0.368 e. The van der Waals surface area contributed by atoms with E-state index in [1.807, 2.05) is 13.8 Å². The van der Waals surface area contributed by atoms with Gasteiger partial charge >= 0.3 is 0 Å². The number of unbranched alkanes of at least 4 members (excludes halogenated alkanes) is 1. The van der Waals surface area contributed by atoms with Gasteiger partial charge in [-0.15, -0.1) is 11.3 Å². The molecule has 2 aromatic heterocycles. The molecule has 0 fully saturated rings. The fourth-order valence-corrected chi connectivity index (χ4v) is 4.86. The van der Waals surface area contributed by atoms with Crippen LogP contribution in [0.1, 0.15) is 58.8 Å². The average Bonchev–Trinajstić information content (AvgIpc) is 3.27. The molecule has 1 aromatic carbocycles. The number of halogens is 2. The van der Waals surface area contributed by atoms with Gasteiger partial charge in [0.2, 0.25) is 0 Å². The summed E-state index contributed by atoms with van der Waals surface area (Å²) < 4.78 is 0. The smallest absolute Gasteiger partial charge is 0.154 e. The SMILES string of the molecule is CC.CCCc1ccc(-c2nc3cc(Cl)c(Cl)cc3nc2NCCCCN(CC)CC)s1. The van der Waals surface area contributed by atoms with E-state index in [1.54, 1.807) is 23.5 Å². The van der Waals surface area contributed by atoms with Crippen LogP contribution in [0.2, 0.25) is 10.0 Å². The van der Waals surface area contributed by atoms with Crippen molar-refractivity contribution in [2.24, 2.45) is 0 Å². The highest BCUT2D eigenvalue weighted by Gasteiger charge is 2.15. The Morgan fingerprint density at radius 2 is 1.59 bits per heavy atom. The minimum atomic E-state index is 0.498. The summed E-state index contributed by atoms with van der Waals surface area (Å²) in [5, 5.41) is 4.52. The van der Waals surface area contributed by atoms with Crippen LogP contribution in [0, 0.1) is 0 Å². The zero-order chi connectivity index (χ0) is 23.5. The van der Waals surface area contributed by atoms with Gasteiger partial charge in [-0.05, 0) is 63.2 Å². The molecule has 0 atom stereocenters. The number of fused-ring (bicyclic) bond motifs is 1. The molecule has 3 aromatic rings. The van der Waals surface area contributed by atoms with Gasteiger partial charge < -0.3 is 10.2 Å². The highest BCUT2D eigenvalue weighted by Crippen LogP contribution is 2.35. The zero-order valence-corrected chi connectivity index (χ0v) is 22.3. The molecule has 176 valence electrons. The number of rotatable bonds is 11. The van der Waals surface area contributed by atoms with Crippen LogP contribution in [0.15, 0.2) is 24.3 Å². The second-order valence-corrected chi connectivity index (χ2v) is 9.34. The van der Waals surface area contributed by atoms with Gasteiger partial charge in [-0.3, -0.25) is 0 Å². The van der Waals surface area contributed by atoms with Gasteiger partial charge in [0, 0.05) is 11.4 Å². The average molecular weight is 496 g/mol. The Morgan fingerprint density at radius 1 is 0.938 bits per heavy atom. The van der Waals surface area contributed by atoms with E-state index in [0.29, 0.717) is 10.0 Å². The minimum absolute atomic E-state index is 0.498. The van der Waals surface area contributed by atoms with Crippen molar-refractivity contribution in [2.45, 2.75) is 60.3 Å². The molecule has 0 aliphatic heterocycles. The lowest BCUT2D eigenvalue weighted by atomic mass is 10.2. The highest BCUT2D eigenvalue weighted by molar-refractivity contribution is 7.15. The minimum Gasteiger partial charge on any atom is -0.368 e. The Labute approximate surface area is 207 Å². The Morgan fingerprint density at radius 3 is 2.22 bits per heavy atom. The fourth-order valence-electron chi connectivity index (χ4n) is 3.44. The van der Waals surface area contributed by atoms with Crippen LogP contribution in [0.5, 0.6) is 0 Å². The molecule has 0 amide bonds. The topological polar surface area (TPSA) is 41.1 Å².